The summed E-state index contributed by atoms with van der Waals surface area (Å²) >= 11 is 5.95. The standard InChI is InChI=1S/C19H21ClN2O5/c1-12-7-14(5-6-15(12)20)27-11-18(23)22-21-10-13-8-16(24-2)19(26-4)17(9-13)25-3/h5-10H,11H2,1-4H3,(H,22,23)/b21-10+. The Hall–Kier alpha value is -2.93. The molecule has 0 saturated carbocycles. The minimum absolute atomic E-state index is 0.173. The highest BCUT2D eigenvalue weighted by molar-refractivity contribution is 6.31. The Labute approximate surface area is 162 Å². The van der Waals surface area contributed by atoms with E-state index in [0.717, 1.165) is 5.56 Å². The molecule has 1 N–H and O–H groups in total. The molecule has 144 valence electrons. The molecule has 0 bridgehead atoms. The van der Waals surface area contributed by atoms with Gasteiger partial charge in [0, 0.05) is 10.6 Å². The molecule has 0 radical (unpaired) electrons. The smallest absolute Gasteiger partial charge is 0.277 e. The third-order valence-corrected chi connectivity index (χ3v) is 4.01. The van der Waals surface area contributed by atoms with Gasteiger partial charge in [-0.25, -0.2) is 5.43 Å². The van der Waals surface area contributed by atoms with Crippen LogP contribution in [0.2, 0.25) is 5.02 Å². The Morgan fingerprint density at radius 3 is 2.33 bits per heavy atom. The number of aryl methyl sites for hydroxylation is 1. The topological polar surface area (TPSA) is 78.4 Å². The van der Waals surface area contributed by atoms with Crippen LogP contribution in [-0.4, -0.2) is 40.1 Å². The van der Waals surface area contributed by atoms with Crippen molar-refractivity contribution in [3.05, 3.63) is 46.5 Å². The van der Waals surface area contributed by atoms with Gasteiger partial charge in [-0.15, -0.1) is 0 Å². The summed E-state index contributed by atoms with van der Waals surface area (Å²) < 4.78 is 21.2. The zero-order chi connectivity index (χ0) is 19.8. The van der Waals surface area contributed by atoms with Crippen LogP contribution in [-0.2, 0) is 4.79 Å². The molecule has 0 aromatic heterocycles. The van der Waals surface area contributed by atoms with Crippen molar-refractivity contribution in [1.29, 1.82) is 0 Å². The van der Waals surface area contributed by atoms with Crippen LogP contribution in [0.5, 0.6) is 23.0 Å². The maximum atomic E-state index is 11.9. The highest BCUT2D eigenvalue weighted by Crippen LogP contribution is 2.37. The van der Waals surface area contributed by atoms with Crippen molar-refractivity contribution in [3.63, 3.8) is 0 Å². The molecule has 1 amide bonds. The van der Waals surface area contributed by atoms with Gasteiger partial charge in [0.15, 0.2) is 18.1 Å². The van der Waals surface area contributed by atoms with Crippen LogP contribution in [0.3, 0.4) is 0 Å². The molecule has 0 saturated heterocycles. The van der Waals surface area contributed by atoms with E-state index in [4.69, 9.17) is 30.5 Å². The lowest BCUT2D eigenvalue weighted by Gasteiger charge is -2.12. The second-order valence-corrected chi connectivity index (χ2v) is 5.86. The van der Waals surface area contributed by atoms with Crippen LogP contribution in [0.15, 0.2) is 35.4 Å². The Morgan fingerprint density at radius 1 is 1.11 bits per heavy atom. The number of nitrogens with zero attached hydrogens (tertiary/aromatic N) is 1. The molecule has 0 unspecified atom stereocenters. The van der Waals surface area contributed by atoms with Gasteiger partial charge < -0.3 is 18.9 Å². The highest BCUT2D eigenvalue weighted by atomic mass is 35.5. The van der Waals surface area contributed by atoms with Crippen LogP contribution in [0, 0.1) is 6.92 Å². The number of carbonyl (C=O) groups excluding carboxylic acids is 1. The van der Waals surface area contributed by atoms with Gasteiger partial charge in [-0.2, -0.15) is 5.10 Å². The minimum atomic E-state index is -0.397. The fourth-order valence-corrected chi connectivity index (χ4v) is 2.36. The van der Waals surface area contributed by atoms with Gasteiger partial charge in [-0.1, -0.05) is 11.6 Å². The van der Waals surface area contributed by atoms with E-state index in [9.17, 15) is 4.79 Å². The van der Waals surface area contributed by atoms with Gasteiger partial charge in [0.05, 0.1) is 27.5 Å². The number of rotatable bonds is 8. The lowest BCUT2D eigenvalue weighted by atomic mass is 10.2. The third kappa shape index (κ3) is 5.52. The molecule has 0 aliphatic heterocycles. The second-order valence-electron chi connectivity index (χ2n) is 5.45. The number of halogens is 1. The Morgan fingerprint density at radius 2 is 1.78 bits per heavy atom. The Balaban J connectivity index is 1.96. The average Bonchev–Trinajstić information content (AvgIpc) is 2.68. The first-order chi connectivity index (χ1) is 13.0. The van der Waals surface area contributed by atoms with Crippen molar-refractivity contribution in [3.8, 4) is 23.0 Å². The molecule has 0 heterocycles. The molecule has 0 aliphatic rings. The van der Waals surface area contributed by atoms with Crippen molar-refractivity contribution in [2.45, 2.75) is 6.92 Å². The number of carbonyl (C=O) groups is 1. The summed E-state index contributed by atoms with van der Waals surface area (Å²) in [5.41, 5.74) is 3.93. The summed E-state index contributed by atoms with van der Waals surface area (Å²) in [6, 6.07) is 8.59. The van der Waals surface area contributed by atoms with Crippen molar-refractivity contribution < 1.29 is 23.7 Å². The fraction of sp³-hybridized carbons (Fsp3) is 0.263. The summed E-state index contributed by atoms with van der Waals surface area (Å²) in [5, 5.41) is 4.55. The van der Waals surface area contributed by atoms with E-state index in [-0.39, 0.29) is 6.61 Å². The lowest BCUT2D eigenvalue weighted by Crippen LogP contribution is -2.24. The second kappa shape index (κ2) is 9.68. The number of hydrazone groups is 1. The van der Waals surface area contributed by atoms with Gasteiger partial charge >= 0.3 is 0 Å². The summed E-state index contributed by atoms with van der Waals surface area (Å²) in [6.07, 6.45) is 1.47. The van der Waals surface area contributed by atoms with Crippen LogP contribution in [0.1, 0.15) is 11.1 Å². The van der Waals surface area contributed by atoms with Crippen LogP contribution >= 0.6 is 11.6 Å². The normalized spacial score (nSPS) is 10.6. The predicted molar refractivity (Wildman–Crippen MR) is 104 cm³/mol. The van der Waals surface area contributed by atoms with E-state index in [1.807, 2.05) is 6.92 Å². The predicted octanol–water partition coefficient (Wildman–Crippen LogP) is 3.20. The van der Waals surface area contributed by atoms with Gasteiger partial charge in [0.1, 0.15) is 5.75 Å². The number of hydrogen-bond donors (Lipinski definition) is 1. The van der Waals surface area contributed by atoms with Crippen molar-refractivity contribution in [2.75, 3.05) is 27.9 Å². The molecule has 0 aliphatic carbocycles. The van der Waals surface area contributed by atoms with E-state index in [0.29, 0.717) is 33.6 Å². The SMILES string of the molecule is COc1cc(/C=N/NC(=O)COc2ccc(Cl)c(C)c2)cc(OC)c1OC. The molecule has 8 heteroatoms. The minimum Gasteiger partial charge on any atom is -0.493 e. The largest absolute Gasteiger partial charge is 0.493 e. The Kier molecular flexibility index (Phi) is 7.31. The van der Waals surface area contributed by atoms with Gasteiger partial charge in [0.25, 0.3) is 5.91 Å². The van der Waals surface area contributed by atoms with Crippen LogP contribution in [0.25, 0.3) is 0 Å². The molecule has 0 spiro atoms. The molecule has 2 rings (SSSR count). The number of methoxy groups -OCH3 is 3. The average molecular weight is 393 g/mol. The van der Waals surface area contributed by atoms with Crippen LogP contribution < -0.4 is 24.4 Å². The molecule has 27 heavy (non-hydrogen) atoms. The fourth-order valence-electron chi connectivity index (χ4n) is 2.24. The number of ether oxygens (including phenoxy) is 4. The van der Waals surface area contributed by atoms with E-state index in [2.05, 4.69) is 10.5 Å². The first-order valence-electron chi connectivity index (χ1n) is 7.99. The number of hydrogen-bond acceptors (Lipinski definition) is 6. The molecule has 0 atom stereocenters. The van der Waals surface area contributed by atoms with Crippen LogP contribution in [0.4, 0.5) is 0 Å². The summed E-state index contributed by atoms with van der Waals surface area (Å²) in [6.45, 7) is 1.69. The quantitative estimate of drug-likeness (QED) is 0.551. The number of nitrogens with one attached hydrogen (secondary N) is 1. The molecule has 0 fully saturated rings. The van der Waals surface area contributed by atoms with E-state index < -0.39 is 5.91 Å². The third-order valence-electron chi connectivity index (χ3n) is 3.59. The maximum absolute atomic E-state index is 11.9. The number of amides is 1. The summed E-state index contributed by atoms with van der Waals surface area (Å²) in [5.74, 6) is 1.62. The zero-order valence-corrected chi connectivity index (χ0v) is 16.3. The molecular formula is C19H21ClN2O5. The first-order valence-corrected chi connectivity index (χ1v) is 8.37. The van der Waals surface area contributed by atoms with Gasteiger partial charge in [-0.3, -0.25) is 4.79 Å². The van der Waals surface area contributed by atoms with Gasteiger partial charge in [-0.05, 0) is 42.8 Å². The molecule has 7 nitrogen and oxygen atoms in total. The van der Waals surface area contributed by atoms with Crippen molar-refractivity contribution >= 4 is 23.7 Å². The monoisotopic (exact) mass is 392 g/mol. The maximum Gasteiger partial charge on any atom is 0.277 e. The summed E-state index contributed by atoms with van der Waals surface area (Å²) in [4.78, 5) is 11.9. The summed E-state index contributed by atoms with van der Waals surface area (Å²) in [7, 11) is 4.57. The molecule has 2 aromatic rings. The molecule has 2 aromatic carbocycles. The lowest BCUT2D eigenvalue weighted by molar-refractivity contribution is -0.123. The zero-order valence-electron chi connectivity index (χ0n) is 15.5. The van der Waals surface area contributed by atoms with E-state index in [1.54, 1.807) is 30.3 Å². The van der Waals surface area contributed by atoms with Gasteiger partial charge in [0.2, 0.25) is 5.75 Å². The van der Waals surface area contributed by atoms with Crippen molar-refractivity contribution in [2.24, 2.45) is 5.10 Å². The van der Waals surface area contributed by atoms with E-state index in [1.165, 1.54) is 27.5 Å². The Bertz CT molecular complexity index is 814. The number of benzene rings is 2. The van der Waals surface area contributed by atoms with Crippen molar-refractivity contribution in [1.82, 2.24) is 5.43 Å². The first kappa shape index (κ1) is 20.4. The molecular weight excluding hydrogens is 372 g/mol. The highest BCUT2D eigenvalue weighted by Gasteiger charge is 2.12. The van der Waals surface area contributed by atoms with E-state index >= 15 is 0 Å².